The van der Waals surface area contributed by atoms with Crippen molar-refractivity contribution in [1.29, 1.82) is 0 Å². The molecule has 0 heterocycles. The standard InChI is InChI=1S/C15H22N2O5.ClH/c1-2-3-4-10(16)14(20)17-11(15(21)22)7-9-5-6-12(18)13(19)8-9;/h5-6,8,10-11,18-19H,2-4,7,16H2,1H3,(H,17,20)(H,21,22);1H/t10-,11-;/m0./s1. The van der Waals surface area contributed by atoms with Crippen LogP contribution >= 0.6 is 12.4 Å². The van der Waals surface area contributed by atoms with Crippen LogP contribution in [0, 0.1) is 0 Å². The largest absolute Gasteiger partial charge is 0.504 e. The first-order valence-electron chi connectivity index (χ1n) is 7.14. The molecular formula is C15H23ClN2O5. The van der Waals surface area contributed by atoms with Gasteiger partial charge in [0.2, 0.25) is 5.91 Å². The number of aromatic hydroxyl groups is 2. The Labute approximate surface area is 140 Å². The molecule has 0 saturated carbocycles. The lowest BCUT2D eigenvalue weighted by Crippen LogP contribution is -2.49. The number of aliphatic carboxylic acids is 1. The van der Waals surface area contributed by atoms with Crippen molar-refractivity contribution in [1.82, 2.24) is 5.32 Å². The summed E-state index contributed by atoms with van der Waals surface area (Å²) in [5, 5.41) is 30.2. The highest BCUT2D eigenvalue weighted by atomic mass is 35.5. The maximum Gasteiger partial charge on any atom is 0.326 e. The summed E-state index contributed by atoms with van der Waals surface area (Å²) in [6.45, 7) is 1.97. The zero-order valence-electron chi connectivity index (χ0n) is 12.9. The molecule has 0 spiro atoms. The van der Waals surface area contributed by atoms with Gasteiger partial charge in [0.1, 0.15) is 6.04 Å². The number of nitrogens with two attached hydrogens (primary N) is 1. The molecule has 7 nitrogen and oxygen atoms in total. The highest BCUT2D eigenvalue weighted by Crippen LogP contribution is 2.25. The summed E-state index contributed by atoms with van der Waals surface area (Å²) in [5.74, 6) is -2.33. The van der Waals surface area contributed by atoms with Crippen molar-refractivity contribution in [3.63, 3.8) is 0 Å². The number of carbonyl (C=O) groups excluding carboxylic acids is 1. The quantitative estimate of drug-likeness (QED) is 0.448. The summed E-state index contributed by atoms with van der Waals surface area (Å²) >= 11 is 0. The van der Waals surface area contributed by atoms with Gasteiger partial charge in [-0.25, -0.2) is 4.79 Å². The second-order valence-corrected chi connectivity index (χ2v) is 5.18. The molecular weight excluding hydrogens is 324 g/mol. The van der Waals surface area contributed by atoms with E-state index in [1.165, 1.54) is 18.2 Å². The van der Waals surface area contributed by atoms with Crippen LogP contribution in [0.15, 0.2) is 18.2 Å². The zero-order chi connectivity index (χ0) is 16.7. The number of amides is 1. The second kappa shape index (κ2) is 9.91. The average molecular weight is 347 g/mol. The van der Waals surface area contributed by atoms with E-state index < -0.39 is 24.0 Å². The number of hydrogen-bond acceptors (Lipinski definition) is 5. The monoisotopic (exact) mass is 346 g/mol. The van der Waals surface area contributed by atoms with Crippen molar-refractivity contribution < 1.29 is 24.9 Å². The van der Waals surface area contributed by atoms with E-state index in [9.17, 15) is 24.9 Å². The molecule has 1 rings (SSSR count). The van der Waals surface area contributed by atoms with Crippen LogP contribution < -0.4 is 11.1 Å². The first kappa shape index (κ1) is 21.0. The van der Waals surface area contributed by atoms with Gasteiger partial charge in [-0.2, -0.15) is 0 Å². The van der Waals surface area contributed by atoms with Gasteiger partial charge in [-0.1, -0.05) is 25.8 Å². The van der Waals surface area contributed by atoms with Crippen molar-refractivity contribution in [2.24, 2.45) is 5.73 Å². The molecule has 0 bridgehead atoms. The molecule has 0 fully saturated rings. The predicted octanol–water partition coefficient (Wildman–Crippen LogP) is 1.15. The van der Waals surface area contributed by atoms with Gasteiger partial charge < -0.3 is 26.4 Å². The van der Waals surface area contributed by atoms with Crippen LogP contribution in [0.4, 0.5) is 0 Å². The fraction of sp³-hybridized carbons (Fsp3) is 0.467. The molecule has 23 heavy (non-hydrogen) atoms. The highest BCUT2D eigenvalue weighted by molar-refractivity contribution is 5.87. The third kappa shape index (κ3) is 6.75. The third-order valence-electron chi connectivity index (χ3n) is 3.30. The normalized spacial score (nSPS) is 12.8. The zero-order valence-corrected chi connectivity index (χ0v) is 13.7. The molecule has 0 aliphatic carbocycles. The Morgan fingerprint density at radius 1 is 1.26 bits per heavy atom. The van der Waals surface area contributed by atoms with Gasteiger partial charge >= 0.3 is 5.97 Å². The highest BCUT2D eigenvalue weighted by Gasteiger charge is 2.23. The number of rotatable bonds is 8. The van der Waals surface area contributed by atoms with Gasteiger partial charge in [0.15, 0.2) is 11.5 Å². The van der Waals surface area contributed by atoms with Gasteiger partial charge in [-0.15, -0.1) is 12.4 Å². The van der Waals surface area contributed by atoms with Crippen LogP contribution in [0.1, 0.15) is 31.7 Å². The van der Waals surface area contributed by atoms with E-state index in [1.807, 2.05) is 6.92 Å². The number of unbranched alkanes of at least 4 members (excludes halogenated alkanes) is 1. The van der Waals surface area contributed by atoms with Crippen LogP contribution in [0.3, 0.4) is 0 Å². The van der Waals surface area contributed by atoms with Gasteiger partial charge in [0, 0.05) is 6.42 Å². The Hall–Kier alpha value is -1.99. The fourth-order valence-corrected chi connectivity index (χ4v) is 1.97. The summed E-state index contributed by atoms with van der Waals surface area (Å²) in [7, 11) is 0. The number of benzene rings is 1. The number of phenolic OH excluding ortho intramolecular Hbond substituents is 2. The van der Waals surface area contributed by atoms with Gasteiger partial charge in [-0.3, -0.25) is 4.79 Å². The number of phenols is 2. The van der Waals surface area contributed by atoms with Crippen LogP contribution in [0.2, 0.25) is 0 Å². The SMILES string of the molecule is CCCC[C@H](N)C(=O)N[C@@H](Cc1ccc(O)c(O)c1)C(=O)O.Cl. The summed E-state index contributed by atoms with van der Waals surface area (Å²) in [6.07, 6.45) is 2.17. The van der Waals surface area contributed by atoms with E-state index in [1.54, 1.807) is 0 Å². The van der Waals surface area contributed by atoms with E-state index in [0.717, 1.165) is 12.8 Å². The molecule has 0 aromatic heterocycles. The lowest BCUT2D eigenvalue weighted by molar-refractivity contribution is -0.142. The Bertz CT molecular complexity index is 539. The van der Waals surface area contributed by atoms with E-state index >= 15 is 0 Å². The molecule has 2 atom stereocenters. The number of nitrogens with one attached hydrogen (secondary N) is 1. The minimum absolute atomic E-state index is 0. The van der Waals surface area contributed by atoms with Gasteiger partial charge in [0.05, 0.1) is 6.04 Å². The molecule has 6 N–H and O–H groups in total. The van der Waals surface area contributed by atoms with E-state index in [0.29, 0.717) is 12.0 Å². The van der Waals surface area contributed by atoms with Crippen molar-refractivity contribution in [2.45, 2.75) is 44.7 Å². The second-order valence-electron chi connectivity index (χ2n) is 5.18. The van der Waals surface area contributed by atoms with Crippen molar-refractivity contribution in [3.05, 3.63) is 23.8 Å². The first-order valence-corrected chi connectivity index (χ1v) is 7.14. The fourth-order valence-electron chi connectivity index (χ4n) is 1.97. The van der Waals surface area contributed by atoms with Gasteiger partial charge in [0.25, 0.3) is 0 Å². The molecule has 0 aliphatic heterocycles. The predicted molar refractivity (Wildman–Crippen MR) is 87.8 cm³/mol. The van der Waals surface area contributed by atoms with Crippen molar-refractivity contribution in [2.75, 3.05) is 0 Å². The number of carbonyl (C=O) groups is 2. The maximum absolute atomic E-state index is 11.9. The number of halogens is 1. The minimum Gasteiger partial charge on any atom is -0.504 e. The Balaban J connectivity index is 0.00000484. The maximum atomic E-state index is 11.9. The van der Waals surface area contributed by atoms with Crippen LogP contribution in [-0.2, 0) is 16.0 Å². The Morgan fingerprint density at radius 2 is 1.91 bits per heavy atom. The minimum atomic E-state index is -1.19. The van der Waals surface area contributed by atoms with Crippen LogP contribution in [0.5, 0.6) is 11.5 Å². The molecule has 130 valence electrons. The number of hydrogen-bond donors (Lipinski definition) is 5. The number of carboxylic acid groups (broad SMARTS) is 1. The van der Waals surface area contributed by atoms with Crippen LogP contribution in [-0.4, -0.2) is 39.3 Å². The third-order valence-corrected chi connectivity index (χ3v) is 3.30. The summed E-state index contributed by atoms with van der Waals surface area (Å²) < 4.78 is 0. The van der Waals surface area contributed by atoms with E-state index in [4.69, 9.17) is 5.73 Å². The smallest absolute Gasteiger partial charge is 0.326 e. The van der Waals surface area contributed by atoms with Crippen LogP contribution in [0.25, 0.3) is 0 Å². The molecule has 1 amide bonds. The Morgan fingerprint density at radius 3 is 2.43 bits per heavy atom. The molecule has 1 aromatic carbocycles. The lowest BCUT2D eigenvalue weighted by Gasteiger charge is -2.18. The topological polar surface area (TPSA) is 133 Å². The molecule has 8 heteroatoms. The molecule has 0 saturated heterocycles. The number of carboxylic acids is 1. The van der Waals surface area contributed by atoms with Crippen molar-refractivity contribution >= 4 is 24.3 Å². The van der Waals surface area contributed by atoms with Crippen molar-refractivity contribution in [3.8, 4) is 11.5 Å². The lowest BCUT2D eigenvalue weighted by atomic mass is 10.0. The average Bonchev–Trinajstić information content (AvgIpc) is 2.47. The molecule has 0 aliphatic rings. The van der Waals surface area contributed by atoms with E-state index in [-0.39, 0.29) is 30.3 Å². The van der Waals surface area contributed by atoms with Gasteiger partial charge in [-0.05, 0) is 24.1 Å². The Kier molecular flexibility index (Phi) is 9.05. The molecule has 0 unspecified atom stereocenters. The summed E-state index contributed by atoms with van der Waals surface area (Å²) in [6, 6.07) is 2.11. The van der Waals surface area contributed by atoms with E-state index in [2.05, 4.69) is 5.32 Å². The molecule has 1 aromatic rings. The molecule has 0 radical (unpaired) electrons. The summed E-state index contributed by atoms with van der Waals surface area (Å²) in [4.78, 5) is 23.1. The first-order chi connectivity index (χ1) is 10.3. The summed E-state index contributed by atoms with van der Waals surface area (Å²) in [5.41, 5.74) is 6.19.